The van der Waals surface area contributed by atoms with Gasteiger partial charge in [0, 0.05) is 11.6 Å². The number of rotatable bonds is 4. The van der Waals surface area contributed by atoms with Crippen LogP contribution in [0.25, 0.3) is 10.9 Å². The van der Waals surface area contributed by atoms with Gasteiger partial charge in [0.25, 0.3) is 0 Å². The van der Waals surface area contributed by atoms with Gasteiger partial charge in [-0.25, -0.2) is 0 Å². The molecule has 0 aliphatic rings. The van der Waals surface area contributed by atoms with Gasteiger partial charge in [-0.3, -0.25) is 4.98 Å². The monoisotopic (exact) mass is 245 g/mol. The largest absolute Gasteiger partial charge is 0.387 e. The molecule has 0 fully saturated rings. The number of benzene rings is 1. The Labute approximate surface area is 107 Å². The number of nitrogens with zero attached hydrogens (tertiary/aromatic N) is 1. The normalized spacial score (nSPS) is 13.8. The van der Waals surface area contributed by atoms with Crippen molar-refractivity contribution in [3.8, 4) is 0 Å². The number of hydrogen-bond donors (Lipinski definition) is 2. The Balaban J connectivity index is 2.54. The second-order valence-corrected chi connectivity index (χ2v) is 4.63. The summed E-state index contributed by atoms with van der Waals surface area (Å²) in [6, 6.07) is 9.38. The van der Waals surface area contributed by atoms with Crippen LogP contribution in [0.2, 0.25) is 0 Å². The summed E-state index contributed by atoms with van der Waals surface area (Å²) in [7, 11) is 0. The zero-order chi connectivity index (χ0) is 13.2. The van der Waals surface area contributed by atoms with Crippen LogP contribution in [-0.2, 0) is 0 Å². The summed E-state index contributed by atoms with van der Waals surface area (Å²) in [5.74, 6) is 0. The van der Waals surface area contributed by atoms with Crippen molar-refractivity contribution in [3.63, 3.8) is 0 Å². The van der Waals surface area contributed by atoms with Crippen molar-refractivity contribution in [3.05, 3.63) is 42.1 Å². The number of aliphatic hydroxyl groups is 2. The fourth-order valence-electron chi connectivity index (χ4n) is 2.29. The Kier molecular flexibility index (Phi) is 3.64. The summed E-state index contributed by atoms with van der Waals surface area (Å²) in [5, 5.41) is 21.8. The second-order valence-electron chi connectivity index (χ2n) is 4.63. The third-order valence-corrected chi connectivity index (χ3v) is 3.71. The molecule has 0 aliphatic heterocycles. The predicted molar refractivity (Wildman–Crippen MR) is 72.2 cm³/mol. The van der Waals surface area contributed by atoms with Crippen molar-refractivity contribution in [1.82, 2.24) is 4.98 Å². The lowest BCUT2D eigenvalue weighted by molar-refractivity contribution is -0.0814. The molecule has 2 rings (SSSR count). The first-order chi connectivity index (χ1) is 8.62. The smallest absolute Gasteiger partial charge is 0.108 e. The van der Waals surface area contributed by atoms with Crippen LogP contribution < -0.4 is 0 Å². The standard InChI is InChI=1S/C15H19NO2/c1-3-15(18,4-2)14(17)12-7-5-9-13-11(12)8-6-10-16-13/h5-10,14,17-18H,3-4H2,1-2H3. The van der Waals surface area contributed by atoms with Gasteiger partial charge in [-0.1, -0.05) is 32.0 Å². The van der Waals surface area contributed by atoms with E-state index in [9.17, 15) is 10.2 Å². The molecular weight excluding hydrogens is 226 g/mol. The highest BCUT2D eigenvalue weighted by Crippen LogP contribution is 2.34. The van der Waals surface area contributed by atoms with E-state index in [1.165, 1.54) is 0 Å². The fraction of sp³-hybridized carbons (Fsp3) is 0.400. The molecule has 0 aliphatic carbocycles. The van der Waals surface area contributed by atoms with Crippen LogP contribution >= 0.6 is 0 Å². The first kappa shape index (κ1) is 13.0. The molecule has 3 heteroatoms. The summed E-state index contributed by atoms with van der Waals surface area (Å²) in [5.41, 5.74) is 0.500. The molecule has 2 aromatic rings. The Bertz CT molecular complexity index is 530. The second kappa shape index (κ2) is 5.04. The molecule has 96 valence electrons. The maximum absolute atomic E-state index is 10.5. The summed E-state index contributed by atoms with van der Waals surface area (Å²) in [6.45, 7) is 3.77. The molecule has 0 saturated carbocycles. The third kappa shape index (κ3) is 2.11. The number of aromatic nitrogens is 1. The highest BCUT2D eigenvalue weighted by Gasteiger charge is 2.33. The minimum atomic E-state index is -1.08. The molecule has 0 saturated heterocycles. The molecular formula is C15H19NO2. The van der Waals surface area contributed by atoms with Crippen molar-refractivity contribution >= 4 is 10.9 Å². The van der Waals surface area contributed by atoms with Gasteiger partial charge in [0.1, 0.15) is 6.10 Å². The molecule has 0 radical (unpaired) electrons. The topological polar surface area (TPSA) is 53.4 Å². The Morgan fingerprint density at radius 2 is 1.89 bits per heavy atom. The van der Waals surface area contributed by atoms with Crippen LogP contribution in [-0.4, -0.2) is 20.8 Å². The van der Waals surface area contributed by atoms with Crippen molar-refractivity contribution in [2.45, 2.75) is 38.4 Å². The van der Waals surface area contributed by atoms with Crippen molar-refractivity contribution in [2.24, 2.45) is 0 Å². The third-order valence-electron chi connectivity index (χ3n) is 3.71. The zero-order valence-electron chi connectivity index (χ0n) is 10.8. The van der Waals surface area contributed by atoms with E-state index in [0.29, 0.717) is 12.8 Å². The molecule has 1 aromatic carbocycles. The van der Waals surface area contributed by atoms with Gasteiger partial charge in [0.15, 0.2) is 0 Å². The minimum absolute atomic E-state index is 0.515. The summed E-state index contributed by atoms with van der Waals surface area (Å²) in [6.07, 6.45) is 1.87. The number of hydrogen-bond acceptors (Lipinski definition) is 3. The van der Waals surface area contributed by atoms with E-state index in [2.05, 4.69) is 4.98 Å². The fourth-order valence-corrected chi connectivity index (χ4v) is 2.29. The molecule has 1 unspecified atom stereocenters. The van der Waals surface area contributed by atoms with E-state index in [1.54, 1.807) is 6.20 Å². The molecule has 18 heavy (non-hydrogen) atoms. The van der Waals surface area contributed by atoms with Gasteiger partial charge in [0.2, 0.25) is 0 Å². The summed E-state index contributed by atoms with van der Waals surface area (Å²) >= 11 is 0. The van der Waals surface area contributed by atoms with Crippen molar-refractivity contribution in [2.75, 3.05) is 0 Å². The Morgan fingerprint density at radius 1 is 1.17 bits per heavy atom. The van der Waals surface area contributed by atoms with Gasteiger partial charge in [-0.2, -0.15) is 0 Å². The van der Waals surface area contributed by atoms with Gasteiger partial charge < -0.3 is 10.2 Å². The van der Waals surface area contributed by atoms with Gasteiger partial charge >= 0.3 is 0 Å². The average molecular weight is 245 g/mol. The van der Waals surface area contributed by atoms with Gasteiger partial charge in [0.05, 0.1) is 11.1 Å². The summed E-state index contributed by atoms with van der Waals surface area (Å²) < 4.78 is 0. The summed E-state index contributed by atoms with van der Waals surface area (Å²) in [4.78, 5) is 4.27. The van der Waals surface area contributed by atoms with Gasteiger partial charge in [-0.15, -0.1) is 0 Å². The molecule has 1 aromatic heterocycles. The highest BCUT2D eigenvalue weighted by atomic mass is 16.3. The molecule has 3 nitrogen and oxygen atoms in total. The lowest BCUT2D eigenvalue weighted by Gasteiger charge is -2.31. The van der Waals surface area contributed by atoms with Gasteiger partial charge in [-0.05, 0) is 30.5 Å². The highest BCUT2D eigenvalue weighted by molar-refractivity contribution is 5.82. The maximum atomic E-state index is 10.5. The van der Waals surface area contributed by atoms with E-state index in [1.807, 2.05) is 44.2 Å². The zero-order valence-corrected chi connectivity index (χ0v) is 10.8. The van der Waals surface area contributed by atoms with Crippen LogP contribution in [0.1, 0.15) is 38.4 Å². The lowest BCUT2D eigenvalue weighted by Crippen LogP contribution is -2.35. The molecule has 1 atom stereocenters. The molecule has 0 spiro atoms. The van der Waals surface area contributed by atoms with Crippen molar-refractivity contribution < 1.29 is 10.2 Å². The van der Waals surface area contributed by atoms with E-state index in [-0.39, 0.29) is 0 Å². The van der Waals surface area contributed by atoms with Crippen LogP contribution in [0.15, 0.2) is 36.5 Å². The number of aliphatic hydroxyl groups excluding tert-OH is 1. The molecule has 2 N–H and O–H groups in total. The van der Waals surface area contributed by atoms with Crippen molar-refractivity contribution in [1.29, 1.82) is 0 Å². The first-order valence-corrected chi connectivity index (χ1v) is 6.36. The number of fused-ring (bicyclic) bond motifs is 1. The predicted octanol–water partition coefficient (Wildman–Crippen LogP) is 2.82. The van der Waals surface area contributed by atoms with E-state index in [0.717, 1.165) is 16.5 Å². The van der Waals surface area contributed by atoms with E-state index in [4.69, 9.17) is 0 Å². The lowest BCUT2D eigenvalue weighted by atomic mass is 9.85. The van der Waals surface area contributed by atoms with E-state index >= 15 is 0 Å². The maximum Gasteiger partial charge on any atom is 0.108 e. The van der Waals surface area contributed by atoms with E-state index < -0.39 is 11.7 Å². The SMILES string of the molecule is CCC(O)(CC)C(O)c1cccc2ncccc12. The van der Waals surface area contributed by atoms with Crippen LogP contribution in [0, 0.1) is 0 Å². The quantitative estimate of drug-likeness (QED) is 0.871. The first-order valence-electron chi connectivity index (χ1n) is 6.36. The molecule has 0 amide bonds. The number of pyridine rings is 1. The Morgan fingerprint density at radius 3 is 2.56 bits per heavy atom. The minimum Gasteiger partial charge on any atom is -0.387 e. The molecule has 0 bridgehead atoms. The molecule has 1 heterocycles. The average Bonchev–Trinajstić information content (AvgIpc) is 2.45. The van der Waals surface area contributed by atoms with Crippen LogP contribution in [0.4, 0.5) is 0 Å². The Hall–Kier alpha value is -1.45. The van der Waals surface area contributed by atoms with Crippen LogP contribution in [0.3, 0.4) is 0 Å². The van der Waals surface area contributed by atoms with Crippen LogP contribution in [0.5, 0.6) is 0 Å².